The van der Waals surface area contributed by atoms with Gasteiger partial charge < -0.3 is 15.6 Å². The summed E-state index contributed by atoms with van der Waals surface area (Å²) in [5.74, 6) is -3.56. The van der Waals surface area contributed by atoms with Gasteiger partial charge in [0.05, 0.1) is 0 Å². The Morgan fingerprint density at radius 2 is 2.30 bits per heavy atom. The summed E-state index contributed by atoms with van der Waals surface area (Å²) in [5.41, 5.74) is 4.62. The highest BCUT2D eigenvalue weighted by atomic mass is 16.6. The molecule has 3 N–H and O–H groups in total. The van der Waals surface area contributed by atoms with E-state index in [0.29, 0.717) is 0 Å². The van der Waals surface area contributed by atoms with Crippen molar-refractivity contribution in [2.75, 3.05) is 0 Å². The Hall–Kier alpha value is -1.36. The summed E-state index contributed by atoms with van der Waals surface area (Å²) >= 11 is 0. The van der Waals surface area contributed by atoms with E-state index >= 15 is 0 Å². The molecule has 0 aliphatic carbocycles. The van der Waals surface area contributed by atoms with Crippen molar-refractivity contribution in [1.29, 1.82) is 0 Å². The summed E-state index contributed by atoms with van der Waals surface area (Å²) in [6.07, 6.45) is 0.726. The largest absolute Gasteiger partial charge is 0.422 e. The fraction of sp³-hybridized carbons (Fsp3) is 0.200. The average Bonchev–Trinajstić information content (AvgIpc) is 1.88. The van der Waals surface area contributed by atoms with Crippen LogP contribution in [0.5, 0.6) is 0 Å². The third-order valence-corrected chi connectivity index (χ3v) is 0.858. The maximum Gasteiger partial charge on any atom is 0.310 e. The van der Waals surface area contributed by atoms with E-state index in [1.54, 1.807) is 0 Å². The number of carbonyl (C=O) groups excluding carboxylic acids is 2. The van der Waals surface area contributed by atoms with E-state index in [-0.39, 0.29) is 6.47 Å². The monoisotopic (exact) mass is 145 g/mol. The summed E-state index contributed by atoms with van der Waals surface area (Å²) < 4.78 is 3.92. The molecule has 1 unspecified atom stereocenters. The van der Waals surface area contributed by atoms with Crippen LogP contribution in [0.15, 0.2) is 12.7 Å². The maximum atomic E-state index is 10.3. The molecule has 1 atom stereocenters. The highest BCUT2D eigenvalue weighted by Gasteiger charge is 2.31. The minimum Gasteiger partial charge on any atom is -0.422 e. The lowest BCUT2D eigenvalue weighted by atomic mass is 10.3. The van der Waals surface area contributed by atoms with Crippen LogP contribution in [0.2, 0.25) is 0 Å². The number of amides is 1. The molecule has 0 fully saturated rings. The van der Waals surface area contributed by atoms with Gasteiger partial charge in [0.25, 0.3) is 12.4 Å². The van der Waals surface area contributed by atoms with Gasteiger partial charge >= 0.3 is 5.79 Å². The third kappa shape index (κ3) is 1.56. The van der Waals surface area contributed by atoms with E-state index in [1.807, 2.05) is 0 Å². The first kappa shape index (κ1) is 8.64. The van der Waals surface area contributed by atoms with Crippen LogP contribution in [0.4, 0.5) is 0 Å². The first-order chi connectivity index (χ1) is 4.56. The summed E-state index contributed by atoms with van der Waals surface area (Å²) in [7, 11) is 0. The normalized spacial score (nSPS) is 14.9. The lowest BCUT2D eigenvalue weighted by Gasteiger charge is -2.16. The SMILES string of the molecule is C=CC(O)(OC=O)C(N)=O. The van der Waals surface area contributed by atoms with Crippen LogP contribution in [-0.4, -0.2) is 23.3 Å². The number of ether oxygens (including phenoxy) is 1. The van der Waals surface area contributed by atoms with Gasteiger partial charge in [-0.25, -0.2) is 0 Å². The first-order valence-electron chi connectivity index (χ1n) is 2.34. The second-order valence-corrected chi connectivity index (χ2v) is 1.48. The molecule has 1 amide bonds. The van der Waals surface area contributed by atoms with E-state index in [2.05, 4.69) is 17.0 Å². The Labute approximate surface area is 57.1 Å². The average molecular weight is 145 g/mol. The molecule has 0 saturated heterocycles. The lowest BCUT2D eigenvalue weighted by molar-refractivity contribution is -0.184. The highest BCUT2D eigenvalue weighted by Crippen LogP contribution is 2.04. The molecule has 5 heteroatoms. The van der Waals surface area contributed by atoms with Crippen molar-refractivity contribution in [1.82, 2.24) is 0 Å². The van der Waals surface area contributed by atoms with E-state index in [0.717, 1.165) is 6.08 Å². The van der Waals surface area contributed by atoms with Gasteiger partial charge in [-0.05, 0) is 6.08 Å². The van der Waals surface area contributed by atoms with Crippen LogP contribution in [-0.2, 0) is 14.3 Å². The van der Waals surface area contributed by atoms with Gasteiger partial charge in [-0.1, -0.05) is 6.58 Å². The van der Waals surface area contributed by atoms with Crippen molar-refractivity contribution in [2.24, 2.45) is 5.73 Å². The van der Waals surface area contributed by atoms with Gasteiger partial charge in [-0.3, -0.25) is 9.59 Å². The molecule has 0 heterocycles. The van der Waals surface area contributed by atoms with Crippen LogP contribution in [0, 0.1) is 0 Å². The standard InChI is InChI=1S/C5H7NO4/c1-2-5(9,4(6)8)10-3-7/h2-3,9H,1H2,(H2,6,8). The van der Waals surface area contributed by atoms with Crippen molar-refractivity contribution in [3.05, 3.63) is 12.7 Å². The fourth-order valence-corrected chi connectivity index (χ4v) is 0.280. The van der Waals surface area contributed by atoms with Crippen molar-refractivity contribution in [3.63, 3.8) is 0 Å². The van der Waals surface area contributed by atoms with Crippen molar-refractivity contribution < 1.29 is 19.4 Å². The van der Waals surface area contributed by atoms with Crippen molar-refractivity contribution >= 4 is 12.4 Å². The number of carbonyl (C=O) groups is 2. The quantitative estimate of drug-likeness (QED) is 0.287. The molecule has 0 aromatic heterocycles. The highest BCUT2D eigenvalue weighted by molar-refractivity contribution is 5.84. The molecule has 56 valence electrons. The number of rotatable bonds is 4. The summed E-state index contributed by atoms with van der Waals surface area (Å²) in [6, 6.07) is 0. The molecule has 0 aliphatic rings. The number of hydrogen-bond donors (Lipinski definition) is 2. The first-order valence-corrected chi connectivity index (χ1v) is 2.34. The van der Waals surface area contributed by atoms with Crippen molar-refractivity contribution in [3.8, 4) is 0 Å². The Kier molecular flexibility index (Phi) is 2.57. The Bertz CT molecular complexity index is 167. The van der Waals surface area contributed by atoms with Crippen LogP contribution >= 0.6 is 0 Å². The minimum absolute atomic E-state index is 0.0908. The topological polar surface area (TPSA) is 89.6 Å². The summed E-state index contributed by atoms with van der Waals surface area (Å²) in [4.78, 5) is 19.9. The molecule has 0 aromatic carbocycles. The van der Waals surface area contributed by atoms with E-state index in [4.69, 9.17) is 5.11 Å². The second kappa shape index (κ2) is 2.98. The molecule has 0 aliphatic heterocycles. The molecule has 0 bridgehead atoms. The number of hydrogen-bond acceptors (Lipinski definition) is 4. The zero-order valence-electron chi connectivity index (χ0n) is 5.11. The van der Waals surface area contributed by atoms with E-state index < -0.39 is 11.7 Å². The van der Waals surface area contributed by atoms with Gasteiger partial charge in [0.2, 0.25) is 0 Å². The number of primary amides is 1. The van der Waals surface area contributed by atoms with Gasteiger partial charge in [-0.15, -0.1) is 0 Å². The molecule has 0 spiro atoms. The Balaban J connectivity index is 4.36. The second-order valence-electron chi connectivity index (χ2n) is 1.48. The van der Waals surface area contributed by atoms with Gasteiger partial charge in [0.15, 0.2) is 0 Å². The zero-order valence-corrected chi connectivity index (χ0v) is 5.11. The molecule has 10 heavy (non-hydrogen) atoms. The summed E-state index contributed by atoms with van der Waals surface area (Å²) in [5, 5.41) is 8.85. The van der Waals surface area contributed by atoms with E-state index in [9.17, 15) is 9.59 Å². The lowest BCUT2D eigenvalue weighted by Crippen LogP contribution is -2.44. The predicted molar refractivity (Wildman–Crippen MR) is 31.5 cm³/mol. The van der Waals surface area contributed by atoms with Crippen LogP contribution < -0.4 is 5.73 Å². The molecule has 0 rings (SSSR count). The van der Waals surface area contributed by atoms with Crippen LogP contribution in [0.25, 0.3) is 0 Å². The van der Waals surface area contributed by atoms with Gasteiger partial charge in [-0.2, -0.15) is 0 Å². The smallest absolute Gasteiger partial charge is 0.310 e. The number of nitrogens with two attached hydrogens (primary N) is 1. The molecule has 0 radical (unpaired) electrons. The number of aliphatic hydroxyl groups is 1. The molecular weight excluding hydrogens is 138 g/mol. The molecule has 0 aromatic rings. The third-order valence-electron chi connectivity index (χ3n) is 0.858. The zero-order chi connectivity index (χ0) is 8.20. The molecular formula is C5H7NO4. The van der Waals surface area contributed by atoms with Gasteiger partial charge in [0, 0.05) is 0 Å². The Morgan fingerprint density at radius 1 is 1.80 bits per heavy atom. The van der Waals surface area contributed by atoms with Gasteiger partial charge in [0.1, 0.15) is 0 Å². The minimum atomic E-state index is -2.37. The Morgan fingerprint density at radius 3 is 2.40 bits per heavy atom. The van der Waals surface area contributed by atoms with Crippen LogP contribution in [0.3, 0.4) is 0 Å². The predicted octanol–water partition coefficient (Wildman–Crippen LogP) is -1.48. The summed E-state index contributed by atoms with van der Waals surface area (Å²) in [6.45, 7) is 2.95. The molecule has 0 saturated carbocycles. The maximum absolute atomic E-state index is 10.3. The van der Waals surface area contributed by atoms with E-state index in [1.165, 1.54) is 0 Å². The van der Waals surface area contributed by atoms with Crippen molar-refractivity contribution in [2.45, 2.75) is 5.79 Å². The molecule has 5 nitrogen and oxygen atoms in total. The fourth-order valence-electron chi connectivity index (χ4n) is 0.280. The van der Waals surface area contributed by atoms with Crippen LogP contribution in [0.1, 0.15) is 0 Å².